The molecular formula is C64H57N7O16. The third-order valence-electron chi connectivity index (χ3n) is 15.6. The predicted molar refractivity (Wildman–Crippen MR) is 318 cm³/mol. The standard InChI is InChI=1S/C64H57N7O16/c1-34(72)55(49-33-67-58-45(16-7-19-48(49)58)37-10-4-13-40(28-37)61(80)81)70-54(75)22-25-64(71(86)87,23-20-52(73)68-50(62(82)83)29-41-31-65-56-43(14-5-17-46(41)56)35-8-2-11-38(26-35)59(76)77)24-21-53(74)69-51(63(84)85)30-42-32-66-57-44(15-6-18-47(42)57)36-9-3-12-39(27-36)60(78)79/h2-19,26-28,31-33,50-51,55,65-67H,20-25,29-30H2,1H3,(H,68,73)(H,69,74)(H,70,75)(H,76,77)(H,78,79)(H,80,81)(H,82,83)(H,84,85). The van der Waals surface area contributed by atoms with E-state index in [1.54, 1.807) is 103 Å². The third-order valence-corrected chi connectivity index (χ3v) is 15.6. The lowest BCUT2D eigenvalue weighted by atomic mass is 9.83. The summed E-state index contributed by atoms with van der Waals surface area (Å²) in [6, 6.07) is 29.7. The second-order valence-electron chi connectivity index (χ2n) is 21.1. The molecule has 0 bridgehead atoms. The van der Waals surface area contributed by atoms with Gasteiger partial charge in [0.05, 0.1) is 33.2 Å². The number of Topliss-reactive ketones (excluding diaryl/α,β-unsaturated/α-hetero) is 1. The smallest absolute Gasteiger partial charge is 0.335 e. The molecular weight excluding hydrogens is 1120 g/mol. The summed E-state index contributed by atoms with van der Waals surface area (Å²) in [6.07, 6.45) is 0.157. The number of carbonyl (C=O) groups is 9. The van der Waals surface area contributed by atoms with Crippen molar-refractivity contribution in [3.8, 4) is 33.4 Å². The Labute approximate surface area is 493 Å². The van der Waals surface area contributed by atoms with Gasteiger partial charge in [-0.1, -0.05) is 91.0 Å². The van der Waals surface area contributed by atoms with Gasteiger partial charge in [-0.3, -0.25) is 29.3 Å². The van der Waals surface area contributed by atoms with Gasteiger partial charge in [0, 0.05) is 113 Å². The van der Waals surface area contributed by atoms with Crippen molar-refractivity contribution in [3.05, 3.63) is 189 Å². The van der Waals surface area contributed by atoms with Crippen molar-refractivity contribution in [2.75, 3.05) is 0 Å². The molecule has 3 heterocycles. The second kappa shape index (κ2) is 25.7. The number of nitrogens with zero attached hydrogens (tertiary/aromatic N) is 1. The van der Waals surface area contributed by atoms with Crippen LogP contribution in [0, 0.1) is 10.1 Å². The van der Waals surface area contributed by atoms with Crippen LogP contribution in [0.15, 0.2) is 146 Å². The number of hydrogen-bond acceptors (Lipinski definition) is 11. The van der Waals surface area contributed by atoms with Gasteiger partial charge in [0.25, 0.3) is 0 Å². The summed E-state index contributed by atoms with van der Waals surface area (Å²) in [5.74, 6) is -9.50. The number of carbonyl (C=O) groups excluding carboxylic acids is 4. The molecule has 0 radical (unpaired) electrons. The van der Waals surface area contributed by atoms with E-state index in [-0.39, 0.29) is 29.5 Å². The van der Waals surface area contributed by atoms with Gasteiger partial charge < -0.3 is 56.4 Å². The molecule has 87 heavy (non-hydrogen) atoms. The van der Waals surface area contributed by atoms with E-state index in [1.165, 1.54) is 49.5 Å². The highest BCUT2D eigenvalue weighted by Crippen LogP contribution is 2.36. The summed E-state index contributed by atoms with van der Waals surface area (Å²) in [6.45, 7) is 1.23. The van der Waals surface area contributed by atoms with Gasteiger partial charge in [-0.05, 0) is 71.1 Å². The van der Waals surface area contributed by atoms with Crippen LogP contribution in [-0.4, -0.2) is 116 Å². The number of hydrogen-bond donors (Lipinski definition) is 11. The fourth-order valence-electron chi connectivity index (χ4n) is 11.1. The molecule has 23 heteroatoms. The lowest BCUT2D eigenvalue weighted by Gasteiger charge is -2.26. The van der Waals surface area contributed by atoms with Gasteiger partial charge in [0.1, 0.15) is 18.1 Å². The molecule has 9 aromatic rings. The minimum Gasteiger partial charge on any atom is -0.480 e. The molecule has 3 unspecified atom stereocenters. The maximum Gasteiger partial charge on any atom is 0.335 e. The molecule has 0 aliphatic carbocycles. The fraction of sp³-hybridized carbons (Fsp3) is 0.203. The number of carboxylic acids is 5. The van der Waals surface area contributed by atoms with Crippen LogP contribution in [0.2, 0.25) is 0 Å². The number of benzene rings is 6. The van der Waals surface area contributed by atoms with Crippen molar-refractivity contribution in [2.45, 2.75) is 82.0 Å². The zero-order valence-electron chi connectivity index (χ0n) is 46.4. The molecule has 0 aliphatic heterocycles. The van der Waals surface area contributed by atoms with Crippen molar-refractivity contribution in [1.29, 1.82) is 0 Å². The summed E-state index contributed by atoms with van der Waals surface area (Å²) in [7, 11) is 0. The van der Waals surface area contributed by atoms with Crippen LogP contribution in [-0.2, 0) is 41.6 Å². The third kappa shape index (κ3) is 13.4. The number of para-hydroxylation sites is 3. The zero-order chi connectivity index (χ0) is 62.3. The number of aromatic carboxylic acids is 3. The maximum absolute atomic E-state index is 14.0. The number of ketones is 1. The number of nitrogens with one attached hydrogen (secondary N) is 6. The fourth-order valence-corrected chi connectivity index (χ4v) is 11.1. The van der Waals surface area contributed by atoms with Gasteiger partial charge in [-0.25, -0.2) is 24.0 Å². The van der Waals surface area contributed by atoms with Crippen molar-refractivity contribution >= 4 is 86.1 Å². The Bertz CT molecular complexity index is 4060. The molecule has 6 aromatic carbocycles. The first-order chi connectivity index (χ1) is 41.6. The molecule has 3 aromatic heterocycles. The van der Waals surface area contributed by atoms with Crippen LogP contribution in [0.4, 0.5) is 0 Å². The number of aromatic nitrogens is 3. The molecule has 444 valence electrons. The Kier molecular flexibility index (Phi) is 17.8. The van der Waals surface area contributed by atoms with E-state index in [0.717, 1.165) is 0 Å². The Morgan fingerprint density at radius 1 is 0.483 bits per heavy atom. The largest absolute Gasteiger partial charge is 0.480 e. The van der Waals surface area contributed by atoms with E-state index in [0.29, 0.717) is 82.8 Å². The second-order valence-corrected chi connectivity index (χ2v) is 21.1. The van der Waals surface area contributed by atoms with E-state index in [4.69, 9.17) is 0 Å². The quantitative estimate of drug-likeness (QED) is 0.0169. The first kappa shape index (κ1) is 60.4. The zero-order valence-corrected chi connectivity index (χ0v) is 46.4. The number of rotatable bonds is 27. The summed E-state index contributed by atoms with van der Waals surface area (Å²) < 4.78 is 0. The van der Waals surface area contributed by atoms with Crippen molar-refractivity contribution in [2.24, 2.45) is 0 Å². The Hall–Kier alpha value is -11.2. The maximum atomic E-state index is 14.0. The number of aliphatic carboxylic acids is 2. The average Bonchev–Trinajstić information content (AvgIpc) is 2.16. The highest BCUT2D eigenvalue weighted by atomic mass is 16.6. The number of H-pyrrole nitrogens is 3. The predicted octanol–water partition coefficient (Wildman–Crippen LogP) is 8.95. The van der Waals surface area contributed by atoms with Crippen molar-refractivity contribution < 1.29 is 73.6 Å². The number of amides is 3. The lowest BCUT2D eigenvalue weighted by molar-refractivity contribution is -0.573. The number of carboxylic acid groups (broad SMARTS) is 5. The highest BCUT2D eigenvalue weighted by molar-refractivity contribution is 6.02. The number of aromatic amines is 3. The SMILES string of the molecule is CC(=O)C(NC(=O)CCC(CCC(=O)NC(Cc1c[nH]c2c(-c3cccc(C(=O)O)c3)cccc12)C(=O)O)(CCC(=O)NC(Cc1c[nH]c2c(-c3cccc(C(=O)O)c3)cccc12)C(=O)O)[N+](=O)[O-])c1c[nH]c2c(-c3cccc(C(=O)O)c3)cccc12. The molecule has 0 aliphatic rings. The molecule has 0 spiro atoms. The van der Waals surface area contributed by atoms with Crippen LogP contribution >= 0.6 is 0 Å². The van der Waals surface area contributed by atoms with Crippen LogP contribution in [0.3, 0.4) is 0 Å². The summed E-state index contributed by atoms with van der Waals surface area (Å²) in [5, 5.41) is 72.3. The molecule has 3 atom stereocenters. The van der Waals surface area contributed by atoms with Gasteiger partial charge >= 0.3 is 29.8 Å². The lowest BCUT2D eigenvalue weighted by Crippen LogP contribution is -2.46. The molecule has 9 rings (SSSR count). The van der Waals surface area contributed by atoms with Gasteiger partial charge in [-0.15, -0.1) is 0 Å². The van der Waals surface area contributed by atoms with E-state index < -0.39 is 120 Å². The van der Waals surface area contributed by atoms with E-state index in [1.807, 2.05) is 0 Å². The first-order valence-electron chi connectivity index (χ1n) is 27.4. The summed E-state index contributed by atoms with van der Waals surface area (Å²) in [5.41, 5.74) is 4.26. The summed E-state index contributed by atoms with van der Waals surface area (Å²) >= 11 is 0. The van der Waals surface area contributed by atoms with Crippen LogP contribution in [0.1, 0.15) is 99.3 Å². The molecule has 11 N–H and O–H groups in total. The van der Waals surface area contributed by atoms with Gasteiger partial charge in [0.2, 0.25) is 23.3 Å². The summed E-state index contributed by atoms with van der Waals surface area (Å²) in [4.78, 5) is 138. The van der Waals surface area contributed by atoms with Gasteiger partial charge in [-0.2, -0.15) is 0 Å². The monoisotopic (exact) mass is 1180 g/mol. The highest BCUT2D eigenvalue weighted by Gasteiger charge is 2.44. The minimum atomic E-state index is -2.27. The normalized spacial score (nSPS) is 13.0. The first-order valence-corrected chi connectivity index (χ1v) is 27.4. The van der Waals surface area contributed by atoms with E-state index in [9.17, 15) is 78.8 Å². The van der Waals surface area contributed by atoms with E-state index >= 15 is 0 Å². The molecule has 0 saturated heterocycles. The number of fused-ring (bicyclic) bond motifs is 3. The molecule has 0 fully saturated rings. The number of nitro groups is 1. The minimum absolute atomic E-state index is 0.0365. The van der Waals surface area contributed by atoms with Crippen LogP contribution < -0.4 is 16.0 Å². The molecule has 0 saturated carbocycles. The van der Waals surface area contributed by atoms with Crippen LogP contribution in [0.5, 0.6) is 0 Å². The van der Waals surface area contributed by atoms with Gasteiger partial charge in [0.15, 0.2) is 5.78 Å². The Morgan fingerprint density at radius 2 is 0.828 bits per heavy atom. The van der Waals surface area contributed by atoms with E-state index in [2.05, 4.69) is 30.9 Å². The average molecular weight is 1180 g/mol. The topological polar surface area (TPSA) is 381 Å². The Morgan fingerprint density at radius 3 is 1.18 bits per heavy atom. The van der Waals surface area contributed by atoms with Crippen LogP contribution in [0.25, 0.3) is 66.1 Å². The molecule has 23 nitrogen and oxygen atoms in total. The van der Waals surface area contributed by atoms with Crippen molar-refractivity contribution in [1.82, 2.24) is 30.9 Å². The Balaban J connectivity index is 0.941. The van der Waals surface area contributed by atoms with Crippen molar-refractivity contribution in [3.63, 3.8) is 0 Å². The molecule has 3 amide bonds.